The third-order valence-electron chi connectivity index (χ3n) is 3.83. The molecule has 0 spiro atoms. The van der Waals surface area contributed by atoms with Crippen molar-refractivity contribution in [3.05, 3.63) is 60.7 Å². The number of fused-ring (bicyclic) bond motifs is 1. The topological polar surface area (TPSA) is 47.4 Å². The Morgan fingerprint density at radius 1 is 1.22 bits per heavy atom. The van der Waals surface area contributed by atoms with Gasteiger partial charge in [-0.1, -0.05) is 18.2 Å². The largest absolute Gasteiger partial charge is 0.497 e. The quantitative estimate of drug-likeness (QED) is 0.728. The molecule has 118 valence electrons. The normalized spacial score (nSPS) is 10.7. The highest BCUT2D eigenvalue weighted by molar-refractivity contribution is 5.84. The lowest BCUT2D eigenvalue weighted by Crippen LogP contribution is -2.29. The highest BCUT2D eigenvalue weighted by atomic mass is 16.5. The molecule has 2 aromatic carbocycles. The monoisotopic (exact) mass is 309 g/mol. The zero-order chi connectivity index (χ0) is 16.2. The number of hydrogen-bond acceptors (Lipinski definition) is 3. The smallest absolute Gasteiger partial charge is 0.242 e. The van der Waals surface area contributed by atoms with E-state index in [-0.39, 0.29) is 5.91 Å². The lowest BCUT2D eigenvalue weighted by Gasteiger charge is -2.18. The van der Waals surface area contributed by atoms with Crippen LogP contribution < -0.4 is 4.74 Å². The maximum absolute atomic E-state index is 12.2. The third-order valence-corrected chi connectivity index (χ3v) is 3.83. The summed E-state index contributed by atoms with van der Waals surface area (Å²) in [7, 11) is 3.48. The van der Waals surface area contributed by atoms with E-state index in [1.807, 2.05) is 31.3 Å². The van der Waals surface area contributed by atoms with E-state index in [1.165, 1.54) is 0 Å². The van der Waals surface area contributed by atoms with Crippen LogP contribution in [0.1, 0.15) is 5.56 Å². The average Bonchev–Trinajstić information content (AvgIpc) is 3.07. The summed E-state index contributed by atoms with van der Waals surface area (Å²) in [6.45, 7) is 0.886. The number of benzene rings is 2. The second-order valence-electron chi connectivity index (χ2n) is 5.53. The SMILES string of the molecule is COc1ccc2cc(CN(C)C(=O)Cn3ccnc3)ccc2c1. The second kappa shape index (κ2) is 6.52. The molecule has 0 aliphatic carbocycles. The maximum atomic E-state index is 12.2. The molecule has 0 fully saturated rings. The molecule has 0 aliphatic heterocycles. The standard InChI is InChI=1S/C18H19N3O2/c1-20(18(22)12-21-8-7-19-13-21)11-14-3-4-16-10-17(23-2)6-5-15(16)9-14/h3-10,13H,11-12H2,1-2H3. The number of aromatic nitrogens is 2. The zero-order valence-electron chi connectivity index (χ0n) is 13.3. The molecular formula is C18H19N3O2. The van der Waals surface area contributed by atoms with E-state index in [9.17, 15) is 4.79 Å². The molecule has 0 bridgehead atoms. The molecule has 23 heavy (non-hydrogen) atoms. The van der Waals surface area contributed by atoms with Gasteiger partial charge in [0, 0.05) is 26.0 Å². The molecule has 0 aliphatic rings. The molecule has 3 rings (SSSR count). The molecule has 0 N–H and O–H groups in total. The van der Waals surface area contributed by atoms with E-state index < -0.39 is 0 Å². The Hall–Kier alpha value is -2.82. The summed E-state index contributed by atoms with van der Waals surface area (Å²) in [5, 5.41) is 2.26. The van der Waals surface area contributed by atoms with E-state index in [1.54, 1.807) is 35.3 Å². The molecule has 0 radical (unpaired) electrons. The summed E-state index contributed by atoms with van der Waals surface area (Å²) >= 11 is 0. The summed E-state index contributed by atoms with van der Waals surface area (Å²) in [5.74, 6) is 0.899. The Kier molecular flexibility index (Phi) is 4.28. The summed E-state index contributed by atoms with van der Waals surface area (Å²) < 4.78 is 7.01. The number of hydrogen-bond donors (Lipinski definition) is 0. The van der Waals surface area contributed by atoms with Crippen LogP contribution in [0.25, 0.3) is 10.8 Å². The molecule has 1 aromatic heterocycles. The predicted octanol–water partition coefficient (Wildman–Crippen LogP) is 2.70. The van der Waals surface area contributed by atoms with Crippen LogP contribution in [-0.2, 0) is 17.9 Å². The lowest BCUT2D eigenvalue weighted by molar-refractivity contribution is -0.131. The summed E-state index contributed by atoms with van der Waals surface area (Å²) in [5.41, 5.74) is 1.10. The molecule has 0 saturated carbocycles. The van der Waals surface area contributed by atoms with Gasteiger partial charge in [0.1, 0.15) is 12.3 Å². The number of nitrogens with zero attached hydrogens (tertiary/aromatic N) is 3. The van der Waals surface area contributed by atoms with Gasteiger partial charge in [0.2, 0.25) is 5.91 Å². The number of likely N-dealkylation sites (N-methyl/N-ethyl adjacent to an activating group) is 1. The van der Waals surface area contributed by atoms with Gasteiger partial charge in [-0.3, -0.25) is 4.79 Å². The molecule has 1 amide bonds. The number of methoxy groups -OCH3 is 1. The first-order chi connectivity index (χ1) is 11.2. The summed E-state index contributed by atoms with van der Waals surface area (Å²) in [4.78, 5) is 17.9. The number of carbonyl (C=O) groups is 1. The van der Waals surface area contributed by atoms with Crippen molar-refractivity contribution in [2.75, 3.05) is 14.2 Å². The zero-order valence-corrected chi connectivity index (χ0v) is 13.3. The number of imidazole rings is 1. The number of rotatable bonds is 5. The van der Waals surface area contributed by atoms with Gasteiger partial charge in [-0.05, 0) is 34.5 Å². The lowest BCUT2D eigenvalue weighted by atomic mass is 10.1. The highest BCUT2D eigenvalue weighted by Crippen LogP contribution is 2.22. The molecule has 5 nitrogen and oxygen atoms in total. The first-order valence-corrected chi connectivity index (χ1v) is 7.42. The van der Waals surface area contributed by atoms with Crippen LogP contribution >= 0.6 is 0 Å². The summed E-state index contributed by atoms with van der Waals surface area (Å²) in [6, 6.07) is 12.2. The average molecular weight is 309 g/mol. The molecule has 0 unspecified atom stereocenters. The predicted molar refractivity (Wildman–Crippen MR) is 89.2 cm³/mol. The van der Waals surface area contributed by atoms with Crippen LogP contribution in [0, 0.1) is 0 Å². The van der Waals surface area contributed by atoms with Crippen molar-refractivity contribution in [1.82, 2.24) is 14.5 Å². The fraction of sp³-hybridized carbons (Fsp3) is 0.222. The van der Waals surface area contributed by atoms with Gasteiger partial charge in [0.05, 0.1) is 13.4 Å². The minimum absolute atomic E-state index is 0.0535. The van der Waals surface area contributed by atoms with Gasteiger partial charge in [0.25, 0.3) is 0 Å². The third kappa shape index (κ3) is 3.51. The first kappa shape index (κ1) is 15.1. The number of amides is 1. The highest BCUT2D eigenvalue weighted by Gasteiger charge is 2.10. The van der Waals surface area contributed by atoms with Crippen molar-refractivity contribution >= 4 is 16.7 Å². The Morgan fingerprint density at radius 3 is 2.74 bits per heavy atom. The van der Waals surface area contributed by atoms with E-state index in [4.69, 9.17) is 4.74 Å². The van der Waals surface area contributed by atoms with Crippen LogP contribution in [0.2, 0.25) is 0 Å². The molecule has 3 aromatic rings. The Balaban J connectivity index is 1.71. The molecule has 0 saturated heterocycles. The van der Waals surface area contributed by atoms with E-state index >= 15 is 0 Å². The van der Waals surface area contributed by atoms with E-state index in [0.29, 0.717) is 13.1 Å². The Morgan fingerprint density at radius 2 is 2.00 bits per heavy atom. The van der Waals surface area contributed by atoms with Crippen molar-refractivity contribution in [1.29, 1.82) is 0 Å². The van der Waals surface area contributed by atoms with Crippen molar-refractivity contribution in [2.24, 2.45) is 0 Å². The van der Waals surface area contributed by atoms with Gasteiger partial charge in [-0.2, -0.15) is 0 Å². The maximum Gasteiger partial charge on any atom is 0.242 e. The first-order valence-electron chi connectivity index (χ1n) is 7.42. The van der Waals surface area contributed by atoms with Crippen molar-refractivity contribution < 1.29 is 9.53 Å². The van der Waals surface area contributed by atoms with Crippen molar-refractivity contribution in [2.45, 2.75) is 13.1 Å². The molecule has 5 heteroatoms. The Labute approximate surface area is 135 Å². The van der Waals surface area contributed by atoms with Gasteiger partial charge in [-0.15, -0.1) is 0 Å². The fourth-order valence-corrected chi connectivity index (χ4v) is 2.52. The fourth-order valence-electron chi connectivity index (χ4n) is 2.52. The van der Waals surface area contributed by atoms with Gasteiger partial charge in [-0.25, -0.2) is 4.98 Å². The Bertz CT molecular complexity index is 812. The molecular weight excluding hydrogens is 290 g/mol. The van der Waals surface area contributed by atoms with Gasteiger partial charge in [0.15, 0.2) is 0 Å². The molecule has 1 heterocycles. The van der Waals surface area contributed by atoms with Crippen molar-refractivity contribution in [3.8, 4) is 5.75 Å². The van der Waals surface area contributed by atoms with Crippen LogP contribution in [-0.4, -0.2) is 34.5 Å². The number of ether oxygens (including phenoxy) is 1. The van der Waals surface area contributed by atoms with Crippen LogP contribution in [0.4, 0.5) is 0 Å². The second-order valence-corrected chi connectivity index (χ2v) is 5.53. The minimum Gasteiger partial charge on any atom is -0.497 e. The van der Waals surface area contributed by atoms with Crippen LogP contribution in [0.3, 0.4) is 0 Å². The van der Waals surface area contributed by atoms with E-state index in [2.05, 4.69) is 17.1 Å². The van der Waals surface area contributed by atoms with Crippen molar-refractivity contribution in [3.63, 3.8) is 0 Å². The van der Waals surface area contributed by atoms with Gasteiger partial charge < -0.3 is 14.2 Å². The van der Waals surface area contributed by atoms with Crippen LogP contribution in [0.5, 0.6) is 5.75 Å². The summed E-state index contributed by atoms with van der Waals surface area (Å²) in [6.07, 6.45) is 5.11. The number of carbonyl (C=O) groups excluding carboxylic acids is 1. The van der Waals surface area contributed by atoms with Crippen LogP contribution in [0.15, 0.2) is 55.1 Å². The van der Waals surface area contributed by atoms with Gasteiger partial charge >= 0.3 is 0 Å². The van der Waals surface area contributed by atoms with E-state index in [0.717, 1.165) is 22.1 Å². The molecule has 0 atom stereocenters. The minimum atomic E-state index is 0.0535.